The smallest absolute Gasteiger partial charge is 0.249 e. The van der Waals surface area contributed by atoms with E-state index in [1.165, 1.54) is 0 Å². The number of hydrogen-bond donors (Lipinski definition) is 2. The number of carbonyl (C=O) groups is 4. The highest BCUT2D eigenvalue weighted by molar-refractivity contribution is 7.09. The highest BCUT2D eigenvalue weighted by Crippen LogP contribution is 2.27. The number of thiophene rings is 1. The van der Waals surface area contributed by atoms with Crippen molar-refractivity contribution in [2.75, 3.05) is 20.1 Å². The lowest BCUT2D eigenvalue weighted by Crippen LogP contribution is -2.60. The van der Waals surface area contributed by atoms with Gasteiger partial charge in [0.25, 0.3) is 0 Å². The van der Waals surface area contributed by atoms with E-state index < -0.39 is 17.5 Å². The van der Waals surface area contributed by atoms with E-state index >= 15 is 0 Å². The summed E-state index contributed by atoms with van der Waals surface area (Å²) in [5.74, 6) is -0.582. The topological polar surface area (TPSA) is 102 Å². The Morgan fingerprint density at radius 1 is 1.02 bits per heavy atom. The first-order chi connectivity index (χ1) is 20.6. The molecule has 0 aliphatic carbocycles. The number of likely N-dealkylation sites (tertiary alicyclic amines) is 2. The van der Waals surface area contributed by atoms with E-state index in [4.69, 9.17) is 0 Å². The normalized spacial score (nSPS) is 21.3. The maximum atomic E-state index is 14.1. The van der Waals surface area contributed by atoms with Gasteiger partial charge in [0.1, 0.15) is 12.1 Å². The first-order valence-corrected chi connectivity index (χ1v) is 17.1. The summed E-state index contributed by atoms with van der Waals surface area (Å²) >= 11 is 1.59. The molecule has 10 heteroatoms. The largest absolute Gasteiger partial charge is 0.349 e. The molecule has 0 aromatic carbocycles. The van der Waals surface area contributed by atoms with E-state index in [1.54, 1.807) is 35.1 Å². The minimum absolute atomic E-state index is 0.0151. The van der Waals surface area contributed by atoms with Crippen LogP contribution in [0.2, 0.25) is 0 Å². The SMILES string of the molecule is CC(=C[C@H](C(C)C)N(C)C(=O)[C@@H](NC(=O)[C@H]1CCCCN1C(C)C)C(C)(C)C)C(=O)N1CCC[C@H]1C(=O)NCc1cccs1. The standard InChI is InChI=1S/C34H55N5O4S/c1-22(2)28(20-24(5)32(42)39-18-12-16-26(39)30(40)35-21-25-14-13-19-44-25)37(9)33(43)29(34(6,7)8)36-31(41)27-15-10-11-17-38(27)23(3)4/h13-14,19-20,22-23,26-29H,10-12,15-18,21H2,1-9H3,(H,35,40)(H,36,41)/t26-,27+,28+,29+/m0/s1. The number of amides is 4. The molecule has 9 nitrogen and oxygen atoms in total. The van der Waals surface area contributed by atoms with Crippen LogP contribution in [0.5, 0.6) is 0 Å². The Balaban J connectivity index is 1.75. The molecule has 2 N–H and O–H groups in total. The van der Waals surface area contributed by atoms with Crippen LogP contribution >= 0.6 is 11.3 Å². The number of nitrogens with zero attached hydrogens (tertiary/aromatic N) is 3. The molecule has 2 fully saturated rings. The fourth-order valence-electron chi connectivity index (χ4n) is 6.38. The molecule has 1 aromatic heterocycles. The van der Waals surface area contributed by atoms with Crippen LogP contribution in [-0.2, 0) is 25.7 Å². The molecule has 2 aliphatic rings. The number of nitrogens with one attached hydrogen (secondary N) is 2. The predicted molar refractivity (Wildman–Crippen MR) is 177 cm³/mol. The lowest BCUT2D eigenvalue weighted by atomic mass is 9.84. The highest BCUT2D eigenvalue weighted by Gasteiger charge is 2.40. The zero-order valence-corrected chi connectivity index (χ0v) is 29.1. The molecule has 2 aliphatic heterocycles. The van der Waals surface area contributed by atoms with Crippen LogP contribution in [-0.4, -0.2) is 88.7 Å². The third kappa shape index (κ3) is 8.93. The molecule has 0 bridgehead atoms. The maximum absolute atomic E-state index is 14.1. The molecule has 3 rings (SSSR count). The molecule has 0 saturated carbocycles. The van der Waals surface area contributed by atoms with Crippen LogP contribution in [0.3, 0.4) is 0 Å². The molecule has 246 valence electrons. The van der Waals surface area contributed by atoms with Gasteiger partial charge in [-0.2, -0.15) is 0 Å². The van der Waals surface area contributed by atoms with Crippen LogP contribution in [0.25, 0.3) is 0 Å². The van der Waals surface area contributed by atoms with Gasteiger partial charge < -0.3 is 20.4 Å². The summed E-state index contributed by atoms with van der Waals surface area (Å²) in [5.41, 5.74) is -0.0133. The predicted octanol–water partition coefficient (Wildman–Crippen LogP) is 4.58. The van der Waals surface area contributed by atoms with E-state index in [0.29, 0.717) is 25.1 Å². The second-order valence-electron chi connectivity index (χ2n) is 14.1. The summed E-state index contributed by atoms with van der Waals surface area (Å²) in [7, 11) is 1.75. The Bertz CT molecular complexity index is 1170. The Hall–Kier alpha value is -2.72. The third-order valence-electron chi connectivity index (χ3n) is 8.98. The van der Waals surface area contributed by atoms with Gasteiger partial charge in [0.15, 0.2) is 0 Å². The molecule has 0 spiro atoms. The van der Waals surface area contributed by atoms with Crippen LogP contribution in [0, 0.1) is 11.3 Å². The van der Waals surface area contributed by atoms with Crippen molar-refractivity contribution < 1.29 is 19.2 Å². The number of likely N-dealkylation sites (N-methyl/N-ethyl adjacent to an activating group) is 1. The van der Waals surface area contributed by atoms with Gasteiger partial charge in [0, 0.05) is 30.1 Å². The van der Waals surface area contributed by atoms with Crippen LogP contribution in [0.15, 0.2) is 29.2 Å². The molecule has 44 heavy (non-hydrogen) atoms. The van der Waals surface area contributed by atoms with Crippen molar-refractivity contribution in [3.05, 3.63) is 34.0 Å². The molecule has 4 amide bonds. The second-order valence-corrected chi connectivity index (χ2v) is 15.2. The Morgan fingerprint density at radius 3 is 2.30 bits per heavy atom. The summed E-state index contributed by atoms with van der Waals surface area (Å²) in [5, 5.41) is 8.10. The fourth-order valence-corrected chi connectivity index (χ4v) is 7.03. The van der Waals surface area contributed by atoms with Gasteiger partial charge >= 0.3 is 0 Å². The molecule has 1 aromatic rings. The maximum Gasteiger partial charge on any atom is 0.249 e. The van der Waals surface area contributed by atoms with Crippen molar-refractivity contribution in [1.82, 2.24) is 25.3 Å². The van der Waals surface area contributed by atoms with E-state index in [-0.39, 0.29) is 47.7 Å². The molecule has 4 atom stereocenters. The third-order valence-corrected chi connectivity index (χ3v) is 9.86. The lowest BCUT2D eigenvalue weighted by molar-refractivity contribution is -0.142. The van der Waals surface area contributed by atoms with Gasteiger partial charge in [-0.15, -0.1) is 11.3 Å². The molecule has 0 unspecified atom stereocenters. The van der Waals surface area contributed by atoms with Crippen molar-refractivity contribution in [3.63, 3.8) is 0 Å². The van der Waals surface area contributed by atoms with E-state index in [9.17, 15) is 19.2 Å². The van der Waals surface area contributed by atoms with E-state index in [2.05, 4.69) is 29.4 Å². The number of piperidine rings is 1. The van der Waals surface area contributed by atoms with Gasteiger partial charge in [-0.05, 0) is 75.8 Å². The van der Waals surface area contributed by atoms with Crippen molar-refractivity contribution in [1.29, 1.82) is 0 Å². The van der Waals surface area contributed by atoms with Crippen molar-refractivity contribution >= 4 is 35.0 Å². The van der Waals surface area contributed by atoms with Crippen molar-refractivity contribution in [2.24, 2.45) is 11.3 Å². The summed E-state index contributed by atoms with van der Waals surface area (Å²) in [6.45, 7) is 17.8. The summed E-state index contributed by atoms with van der Waals surface area (Å²) < 4.78 is 0. The van der Waals surface area contributed by atoms with Gasteiger partial charge in [-0.3, -0.25) is 24.1 Å². The van der Waals surface area contributed by atoms with Gasteiger partial charge in [-0.25, -0.2) is 0 Å². The molecule has 0 radical (unpaired) electrons. The zero-order valence-electron chi connectivity index (χ0n) is 28.3. The summed E-state index contributed by atoms with van der Waals surface area (Å²) in [6.07, 6.45) is 6.11. The fraction of sp³-hybridized carbons (Fsp3) is 0.706. The first kappa shape index (κ1) is 35.8. The molecular formula is C34H55N5O4S. The summed E-state index contributed by atoms with van der Waals surface area (Å²) in [6, 6.07) is 2.33. The average molecular weight is 630 g/mol. The van der Waals surface area contributed by atoms with Crippen LogP contribution in [0.1, 0.15) is 92.4 Å². The molecular weight excluding hydrogens is 574 g/mol. The number of rotatable bonds is 11. The Labute approximate surface area is 268 Å². The zero-order chi connectivity index (χ0) is 32.8. The van der Waals surface area contributed by atoms with E-state index in [0.717, 1.165) is 37.1 Å². The Morgan fingerprint density at radius 2 is 1.70 bits per heavy atom. The number of hydrogen-bond acceptors (Lipinski definition) is 6. The minimum atomic E-state index is -0.725. The number of carbonyl (C=O) groups excluding carboxylic acids is 4. The first-order valence-electron chi connectivity index (χ1n) is 16.3. The van der Waals surface area contributed by atoms with Crippen molar-refractivity contribution in [3.8, 4) is 0 Å². The Kier molecular flexibility index (Phi) is 12.6. The van der Waals surface area contributed by atoms with Gasteiger partial charge in [-0.1, -0.05) is 53.2 Å². The van der Waals surface area contributed by atoms with Crippen molar-refractivity contribution in [2.45, 2.75) is 124 Å². The lowest BCUT2D eigenvalue weighted by Gasteiger charge is -2.41. The molecule has 2 saturated heterocycles. The highest BCUT2D eigenvalue weighted by atomic mass is 32.1. The molecule has 3 heterocycles. The van der Waals surface area contributed by atoms with Gasteiger partial charge in [0.05, 0.1) is 18.6 Å². The van der Waals surface area contributed by atoms with E-state index in [1.807, 2.05) is 58.2 Å². The monoisotopic (exact) mass is 629 g/mol. The minimum Gasteiger partial charge on any atom is -0.349 e. The van der Waals surface area contributed by atoms with Gasteiger partial charge in [0.2, 0.25) is 23.6 Å². The average Bonchev–Trinajstić information content (AvgIpc) is 3.68. The summed E-state index contributed by atoms with van der Waals surface area (Å²) in [4.78, 5) is 61.0. The second kappa shape index (κ2) is 15.5. The quantitative estimate of drug-likeness (QED) is 0.349. The van der Waals surface area contributed by atoms with Crippen LogP contribution < -0.4 is 10.6 Å². The van der Waals surface area contributed by atoms with Crippen LogP contribution in [0.4, 0.5) is 0 Å².